The van der Waals surface area contributed by atoms with Crippen molar-refractivity contribution in [2.75, 3.05) is 18.9 Å². The van der Waals surface area contributed by atoms with Crippen molar-refractivity contribution < 1.29 is 9.53 Å². The Morgan fingerprint density at radius 3 is 2.76 bits per heavy atom. The fourth-order valence-electron chi connectivity index (χ4n) is 3.34. The number of nitrogen functional groups attached to an aromatic ring is 1. The summed E-state index contributed by atoms with van der Waals surface area (Å²) < 4.78 is 7.73. The normalized spacial score (nSPS) is 11.1. The van der Waals surface area contributed by atoms with Crippen LogP contribution in [0.25, 0.3) is 11.0 Å². The quantitative estimate of drug-likeness (QED) is 0.515. The molecule has 2 heterocycles. The molecule has 2 aromatic heterocycles. The number of fused-ring (bicyclic) bond motifs is 1. The molecule has 0 aliphatic heterocycles. The standard InChI is InChI=1S/C22H29N5O2/c1-3-29-15-19-26-21-18(13-16(2)25-22(21)23)27(19)12-8-7-11-24-20(28)14-17-9-5-4-6-10-17/h4-6,9-10,13H,3,7-8,11-12,14-15H2,1-2H3,(H2,23,25)(H,24,28). The highest BCUT2D eigenvalue weighted by molar-refractivity contribution is 5.85. The van der Waals surface area contributed by atoms with Gasteiger partial charge in [0.1, 0.15) is 17.9 Å². The number of hydrogen-bond acceptors (Lipinski definition) is 5. The average molecular weight is 396 g/mol. The zero-order valence-electron chi connectivity index (χ0n) is 17.1. The largest absolute Gasteiger partial charge is 0.382 e. The molecule has 3 aromatic rings. The molecule has 1 aromatic carbocycles. The van der Waals surface area contributed by atoms with E-state index in [2.05, 4.69) is 19.9 Å². The number of rotatable bonds is 10. The van der Waals surface area contributed by atoms with Crippen molar-refractivity contribution in [1.82, 2.24) is 19.9 Å². The van der Waals surface area contributed by atoms with Crippen molar-refractivity contribution in [3.8, 4) is 0 Å². The van der Waals surface area contributed by atoms with Crippen LogP contribution in [0.15, 0.2) is 36.4 Å². The Labute approximate surface area is 171 Å². The summed E-state index contributed by atoms with van der Waals surface area (Å²) in [5.74, 6) is 1.36. The Kier molecular flexibility index (Phi) is 7.19. The maximum atomic E-state index is 12.1. The van der Waals surface area contributed by atoms with Crippen LogP contribution < -0.4 is 11.1 Å². The average Bonchev–Trinajstić information content (AvgIpc) is 3.04. The second-order valence-corrected chi connectivity index (χ2v) is 7.05. The first kappa shape index (κ1) is 20.8. The molecular formula is C22H29N5O2. The Morgan fingerprint density at radius 2 is 2.00 bits per heavy atom. The number of unbranched alkanes of at least 4 members (excludes halogenated alkanes) is 1. The molecule has 1 amide bonds. The van der Waals surface area contributed by atoms with Gasteiger partial charge in [-0.1, -0.05) is 30.3 Å². The van der Waals surface area contributed by atoms with Crippen molar-refractivity contribution in [2.45, 2.75) is 46.3 Å². The van der Waals surface area contributed by atoms with Gasteiger partial charge in [-0.25, -0.2) is 9.97 Å². The summed E-state index contributed by atoms with van der Waals surface area (Å²) in [4.78, 5) is 21.0. The summed E-state index contributed by atoms with van der Waals surface area (Å²) in [6.07, 6.45) is 2.21. The molecule has 7 heteroatoms. The monoisotopic (exact) mass is 395 g/mol. The van der Waals surface area contributed by atoms with Crippen LogP contribution >= 0.6 is 0 Å². The second kappa shape index (κ2) is 10.0. The number of aromatic nitrogens is 3. The molecule has 0 bridgehead atoms. The first-order chi connectivity index (χ1) is 14.1. The molecule has 154 valence electrons. The number of nitrogens with two attached hydrogens (primary N) is 1. The van der Waals surface area contributed by atoms with E-state index in [0.29, 0.717) is 32.0 Å². The molecule has 0 saturated carbocycles. The van der Waals surface area contributed by atoms with Gasteiger partial charge in [0.05, 0.1) is 11.9 Å². The van der Waals surface area contributed by atoms with Crippen LogP contribution in [0.2, 0.25) is 0 Å². The lowest BCUT2D eigenvalue weighted by molar-refractivity contribution is -0.120. The van der Waals surface area contributed by atoms with E-state index in [1.54, 1.807) is 0 Å². The molecule has 3 N–H and O–H groups in total. The molecule has 0 aliphatic rings. The number of carbonyl (C=O) groups excluding carboxylic acids is 1. The SMILES string of the molecule is CCOCc1nc2c(N)nc(C)cc2n1CCCCNC(=O)Cc1ccccc1. The number of imidazole rings is 1. The van der Waals surface area contributed by atoms with Gasteiger partial charge in [-0.2, -0.15) is 0 Å². The Morgan fingerprint density at radius 1 is 1.21 bits per heavy atom. The van der Waals surface area contributed by atoms with Gasteiger partial charge in [0.25, 0.3) is 0 Å². The minimum absolute atomic E-state index is 0.0517. The predicted octanol–water partition coefficient (Wildman–Crippen LogP) is 3.00. The van der Waals surface area contributed by atoms with Crippen molar-refractivity contribution in [1.29, 1.82) is 0 Å². The topological polar surface area (TPSA) is 95.1 Å². The van der Waals surface area contributed by atoms with E-state index >= 15 is 0 Å². The van der Waals surface area contributed by atoms with Crippen molar-refractivity contribution in [2.24, 2.45) is 0 Å². The lowest BCUT2D eigenvalue weighted by Crippen LogP contribution is -2.26. The number of carbonyl (C=O) groups is 1. The Bertz CT molecular complexity index is 953. The van der Waals surface area contributed by atoms with Gasteiger partial charge in [0.15, 0.2) is 5.82 Å². The molecule has 0 aliphatic carbocycles. The van der Waals surface area contributed by atoms with Crippen LogP contribution in [-0.4, -0.2) is 33.6 Å². The highest BCUT2D eigenvalue weighted by atomic mass is 16.5. The summed E-state index contributed by atoms with van der Waals surface area (Å²) >= 11 is 0. The smallest absolute Gasteiger partial charge is 0.224 e. The second-order valence-electron chi connectivity index (χ2n) is 7.05. The van der Waals surface area contributed by atoms with Gasteiger partial charge in [0, 0.05) is 25.4 Å². The minimum Gasteiger partial charge on any atom is -0.382 e. The van der Waals surface area contributed by atoms with E-state index in [1.165, 1.54) is 0 Å². The first-order valence-electron chi connectivity index (χ1n) is 10.1. The first-order valence-corrected chi connectivity index (χ1v) is 10.1. The van der Waals surface area contributed by atoms with Gasteiger partial charge in [-0.3, -0.25) is 4.79 Å². The summed E-state index contributed by atoms with van der Waals surface area (Å²) in [5, 5.41) is 3.00. The third kappa shape index (κ3) is 5.54. The van der Waals surface area contributed by atoms with Crippen LogP contribution in [0.5, 0.6) is 0 Å². The molecule has 3 rings (SSSR count). The third-order valence-electron chi connectivity index (χ3n) is 4.74. The van der Waals surface area contributed by atoms with E-state index in [4.69, 9.17) is 10.5 Å². The number of nitrogens with zero attached hydrogens (tertiary/aromatic N) is 3. The molecule has 29 heavy (non-hydrogen) atoms. The van der Waals surface area contributed by atoms with Gasteiger partial charge in [0.2, 0.25) is 5.91 Å². The lowest BCUT2D eigenvalue weighted by Gasteiger charge is -2.10. The summed E-state index contributed by atoms with van der Waals surface area (Å²) in [5.41, 5.74) is 9.67. The van der Waals surface area contributed by atoms with Gasteiger partial charge < -0.3 is 20.4 Å². The number of amides is 1. The number of ether oxygens (including phenoxy) is 1. The van der Waals surface area contributed by atoms with Crippen molar-refractivity contribution in [3.63, 3.8) is 0 Å². The highest BCUT2D eigenvalue weighted by Crippen LogP contribution is 2.22. The fraction of sp³-hybridized carbons (Fsp3) is 0.409. The molecule has 0 saturated heterocycles. The Hall–Kier alpha value is -2.93. The van der Waals surface area contributed by atoms with E-state index in [9.17, 15) is 4.79 Å². The van der Waals surface area contributed by atoms with Crippen molar-refractivity contribution >= 4 is 22.8 Å². The zero-order chi connectivity index (χ0) is 20.6. The van der Waals surface area contributed by atoms with E-state index in [-0.39, 0.29) is 5.91 Å². The molecular weight excluding hydrogens is 366 g/mol. The van der Waals surface area contributed by atoms with Crippen LogP contribution in [0.3, 0.4) is 0 Å². The summed E-state index contributed by atoms with van der Waals surface area (Å²) in [7, 11) is 0. The summed E-state index contributed by atoms with van der Waals surface area (Å²) in [6, 6.07) is 11.8. The number of anilines is 1. The number of nitrogens with one attached hydrogen (secondary N) is 1. The fourth-order valence-corrected chi connectivity index (χ4v) is 3.34. The van der Waals surface area contributed by atoms with Gasteiger partial charge in [-0.15, -0.1) is 0 Å². The number of aryl methyl sites for hydroxylation is 2. The number of hydrogen-bond donors (Lipinski definition) is 2. The molecule has 0 radical (unpaired) electrons. The lowest BCUT2D eigenvalue weighted by atomic mass is 10.1. The highest BCUT2D eigenvalue weighted by Gasteiger charge is 2.14. The molecule has 0 unspecified atom stereocenters. The molecule has 0 spiro atoms. The van der Waals surface area contributed by atoms with Crippen LogP contribution in [0.1, 0.15) is 36.8 Å². The van der Waals surface area contributed by atoms with Crippen molar-refractivity contribution in [3.05, 3.63) is 53.5 Å². The van der Waals surface area contributed by atoms with Gasteiger partial charge in [-0.05, 0) is 38.3 Å². The van der Waals surface area contributed by atoms with E-state index in [1.807, 2.05) is 50.2 Å². The maximum Gasteiger partial charge on any atom is 0.224 e. The van der Waals surface area contributed by atoms with Crippen LogP contribution in [0.4, 0.5) is 5.82 Å². The predicted molar refractivity (Wildman–Crippen MR) is 114 cm³/mol. The molecule has 0 fully saturated rings. The van der Waals surface area contributed by atoms with E-state index < -0.39 is 0 Å². The van der Waals surface area contributed by atoms with Crippen LogP contribution in [0, 0.1) is 6.92 Å². The number of pyridine rings is 1. The zero-order valence-corrected chi connectivity index (χ0v) is 17.1. The van der Waals surface area contributed by atoms with Crippen LogP contribution in [-0.2, 0) is 29.1 Å². The number of benzene rings is 1. The van der Waals surface area contributed by atoms with E-state index in [0.717, 1.165) is 47.5 Å². The maximum absolute atomic E-state index is 12.1. The minimum atomic E-state index is 0.0517. The van der Waals surface area contributed by atoms with Gasteiger partial charge >= 0.3 is 0 Å². The molecule has 0 atom stereocenters. The molecule has 7 nitrogen and oxygen atoms in total. The Balaban J connectivity index is 1.56. The third-order valence-corrected chi connectivity index (χ3v) is 4.74. The summed E-state index contributed by atoms with van der Waals surface area (Å²) in [6.45, 7) is 6.40.